The van der Waals surface area contributed by atoms with Crippen molar-refractivity contribution in [3.8, 4) is 11.3 Å². The smallest absolute Gasteiger partial charge is 0.261 e. The van der Waals surface area contributed by atoms with E-state index in [4.69, 9.17) is 4.52 Å². The summed E-state index contributed by atoms with van der Waals surface area (Å²) in [5.41, 5.74) is 6.01. The van der Waals surface area contributed by atoms with Gasteiger partial charge in [-0.1, -0.05) is 52.7 Å². The van der Waals surface area contributed by atoms with E-state index < -0.39 is 0 Å². The zero-order valence-corrected chi connectivity index (χ0v) is 14.3. The molecule has 0 aliphatic heterocycles. The fourth-order valence-corrected chi connectivity index (χ4v) is 2.68. The van der Waals surface area contributed by atoms with Crippen molar-refractivity contribution in [2.24, 2.45) is 0 Å². The normalized spacial score (nSPS) is 10.7. The van der Waals surface area contributed by atoms with Gasteiger partial charge in [0.1, 0.15) is 5.56 Å². The lowest BCUT2D eigenvalue weighted by molar-refractivity contribution is 0.102. The minimum atomic E-state index is -0.212. The minimum Gasteiger partial charge on any atom is -0.355 e. The number of nitrogens with zero attached hydrogens (tertiary/aromatic N) is 1. The van der Waals surface area contributed by atoms with Crippen LogP contribution in [0.5, 0.6) is 0 Å². The van der Waals surface area contributed by atoms with Crippen LogP contribution < -0.4 is 5.32 Å². The van der Waals surface area contributed by atoms with Gasteiger partial charge in [-0.2, -0.15) is 0 Å². The van der Waals surface area contributed by atoms with E-state index in [1.807, 2.05) is 63.2 Å². The van der Waals surface area contributed by atoms with Crippen molar-refractivity contribution in [1.82, 2.24) is 5.16 Å². The Balaban J connectivity index is 1.95. The van der Waals surface area contributed by atoms with Crippen LogP contribution in [-0.2, 0) is 0 Å². The summed E-state index contributed by atoms with van der Waals surface area (Å²) in [5, 5.41) is 6.94. The summed E-state index contributed by atoms with van der Waals surface area (Å²) in [4.78, 5) is 12.8. The van der Waals surface area contributed by atoms with Gasteiger partial charge in [-0.3, -0.25) is 4.79 Å². The van der Waals surface area contributed by atoms with Gasteiger partial charge in [-0.05, 0) is 39.3 Å². The zero-order valence-electron chi connectivity index (χ0n) is 14.3. The van der Waals surface area contributed by atoms with Crippen molar-refractivity contribution < 1.29 is 9.32 Å². The maximum Gasteiger partial charge on any atom is 0.261 e. The fraction of sp³-hybridized carbons (Fsp3) is 0.200. The van der Waals surface area contributed by atoms with Gasteiger partial charge in [0.25, 0.3) is 5.91 Å². The Kier molecular flexibility index (Phi) is 4.21. The summed E-state index contributed by atoms with van der Waals surface area (Å²) >= 11 is 0. The molecule has 4 heteroatoms. The average molecular weight is 320 g/mol. The fourth-order valence-electron chi connectivity index (χ4n) is 2.68. The Morgan fingerprint density at radius 1 is 0.958 bits per heavy atom. The number of rotatable bonds is 3. The summed E-state index contributed by atoms with van der Waals surface area (Å²) in [5.74, 6) is 0.283. The molecule has 0 atom stereocenters. The standard InChI is InChI=1S/C20H20N2O2/c1-12-5-8-16(9-6-12)19-18(15(4)22-24-19)20(23)21-17-10-7-13(2)11-14(17)3/h5-11H,1-4H3,(H,21,23). The molecule has 1 N–H and O–H groups in total. The van der Waals surface area contributed by atoms with Gasteiger partial charge >= 0.3 is 0 Å². The lowest BCUT2D eigenvalue weighted by Crippen LogP contribution is -2.14. The second kappa shape index (κ2) is 6.32. The third-order valence-electron chi connectivity index (χ3n) is 4.03. The van der Waals surface area contributed by atoms with E-state index in [-0.39, 0.29) is 5.91 Å². The lowest BCUT2D eigenvalue weighted by Gasteiger charge is -2.09. The van der Waals surface area contributed by atoms with E-state index >= 15 is 0 Å². The summed E-state index contributed by atoms with van der Waals surface area (Å²) in [7, 11) is 0. The molecule has 0 spiro atoms. The third kappa shape index (κ3) is 3.08. The average Bonchev–Trinajstić information content (AvgIpc) is 2.92. The highest BCUT2D eigenvalue weighted by Crippen LogP contribution is 2.28. The molecule has 2 aromatic carbocycles. The first-order valence-electron chi connectivity index (χ1n) is 7.87. The van der Waals surface area contributed by atoms with E-state index in [2.05, 4.69) is 10.5 Å². The molecule has 0 aliphatic carbocycles. The number of amides is 1. The molecule has 4 nitrogen and oxygen atoms in total. The van der Waals surface area contributed by atoms with Crippen molar-refractivity contribution in [3.05, 3.63) is 70.4 Å². The molecule has 24 heavy (non-hydrogen) atoms. The molecule has 0 unspecified atom stereocenters. The number of anilines is 1. The van der Waals surface area contributed by atoms with Crippen LogP contribution in [0.25, 0.3) is 11.3 Å². The third-order valence-corrected chi connectivity index (χ3v) is 4.03. The van der Waals surface area contributed by atoms with Crippen LogP contribution in [0.1, 0.15) is 32.7 Å². The summed E-state index contributed by atoms with van der Waals surface area (Å²) < 4.78 is 5.42. The number of hydrogen-bond donors (Lipinski definition) is 1. The van der Waals surface area contributed by atoms with Crippen LogP contribution in [0, 0.1) is 27.7 Å². The number of carbonyl (C=O) groups excluding carboxylic acids is 1. The Bertz CT molecular complexity index is 893. The molecule has 0 saturated heterocycles. The predicted octanol–water partition coefficient (Wildman–Crippen LogP) is 4.83. The Morgan fingerprint density at radius 3 is 2.29 bits per heavy atom. The van der Waals surface area contributed by atoms with Crippen LogP contribution >= 0.6 is 0 Å². The highest BCUT2D eigenvalue weighted by atomic mass is 16.5. The van der Waals surface area contributed by atoms with E-state index in [1.165, 1.54) is 0 Å². The summed E-state index contributed by atoms with van der Waals surface area (Å²) in [6.45, 7) is 7.80. The molecule has 122 valence electrons. The highest BCUT2D eigenvalue weighted by Gasteiger charge is 2.22. The topological polar surface area (TPSA) is 55.1 Å². The van der Waals surface area contributed by atoms with Crippen molar-refractivity contribution in [1.29, 1.82) is 0 Å². The van der Waals surface area contributed by atoms with Gasteiger partial charge in [0.2, 0.25) is 0 Å². The molecular formula is C20H20N2O2. The molecular weight excluding hydrogens is 300 g/mol. The molecule has 1 aromatic heterocycles. The Labute approximate surface area is 141 Å². The number of carbonyl (C=O) groups is 1. The number of aryl methyl sites for hydroxylation is 4. The minimum absolute atomic E-state index is 0.212. The van der Waals surface area contributed by atoms with Crippen molar-refractivity contribution in [2.45, 2.75) is 27.7 Å². The number of benzene rings is 2. The van der Waals surface area contributed by atoms with Crippen LogP contribution in [-0.4, -0.2) is 11.1 Å². The molecule has 1 heterocycles. The van der Waals surface area contributed by atoms with E-state index in [0.29, 0.717) is 17.0 Å². The second-order valence-electron chi connectivity index (χ2n) is 6.11. The Morgan fingerprint density at radius 2 is 1.62 bits per heavy atom. The predicted molar refractivity (Wildman–Crippen MR) is 95.3 cm³/mol. The SMILES string of the molecule is Cc1ccc(-c2onc(C)c2C(=O)Nc2ccc(C)cc2C)cc1. The monoisotopic (exact) mass is 320 g/mol. The van der Waals surface area contributed by atoms with Crippen molar-refractivity contribution in [2.75, 3.05) is 5.32 Å². The van der Waals surface area contributed by atoms with Gasteiger partial charge in [0, 0.05) is 11.3 Å². The molecule has 3 aromatic rings. The first-order chi connectivity index (χ1) is 11.5. The molecule has 0 saturated carbocycles. The number of aromatic nitrogens is 1. The van der Waals surface area contributed by atoms with Crippen LogP contribution in [0.15, 0.2) is 47.0 Å². The van der Waals surface area contributed by atoms with Crippen molar-refractivity contribution in [3.63, 3.8) is 0 Å². The summed E-state index contributed by atoms with van der Waals surface area (Å²) in [6, 6.07) is 13.8. The molecule has 0 aliphatic rings. The summed E-state index contributed by atoms with van der Waals surface area (Å²) in [6.07, 6.45) is 0. The zero-order chi connectivity index (χ0) is 17.3. The number of nitrogens with one attached hydrogen (secondary N) is 1. The van der Waals surface area contributed by atoms with Gasteiger partial charge in [-0.15, -0.1) is 0 Å². The van der Waals surface area contributed by atoms with E-state index in [1.54, 1.807) is 6.92 Å². The largest absolute Gasteiger partial charge is 0.355 e. The van der Waals surface area contributed by atoms with Crippen molar-refractivity contribution >= 4 is 11.6 Å². The van der Waals surface area contributed by atoms with Crippen LogP contribution in [0.2, 0.25) is 0 Å². The Hall–Kier alpha value is -2.88. The first-order valence-corrected chi connectivity index (χ1v) is 7.87. The van der Waals surface area contributed by atoms with Crippen LogP contribution in [0.4, 0.5) is 5.69 Å². The van der Waals surface area contributed by atoms with E-state index in [0.717, 1.165) is 27.9 Å². The maximum absolute atomic E-state index is 12.8. The quantitative estimate of drug-likeness (QED) is 0.752. The lowest BCUT2D eigenvalue weighted by atomic mass is 10.0. The molecule has 0 radical (unpaired) electrons. The molecule has 1 amide bonds. The van der Waals surface area contributed by atoms with Gasteiger partial charge in [0.05, 0.1) is 5.69 Å². The number of hydrogen-bond acceptors (Lipinski definition) is 3. The maximum atomic E-state index is 12.8. The second-order valence-corrected chi connectivity index (χ2v) is 6.11. The van der Waals surface area contributed by atoms with Gasteiger partial charge in [-0.25, -0.2) is 0 Å². The van der Waals surface area contributed by atoms with Crippen LogP contribution in [0.3, 0.4) is 0 Å². The van der Waals surface area contributed by atoms with Gasteiger partial charge < -0.3 is 9.84 Å². The highest BCUT2D eigenvalue weighted by molar-refractivity contribution is 6.08. The molecule has 3 rings (SSSR count). The molecule has 0 bridgehead atoms. The van der Waals surface area contributed by atoms with E-state index in [9.17, 15) is 4.79 Å². The molecule has 0 fully saturated rings. The van der Waals surface area contributed by atoms with Gasteiger partial charge in [0.15, 0.2) is 5.76 Å². The first kappa shape index (κ1) is 16.0.